The third-order valence-corrected chi connectivity index (χ3v) is 2.51. The Hall–Kier alpha value is -0.960. The van der Waals surface area contributed by atoms with E-state index in [4.69, 9.17) is 4.74 Å². The molecule has 0 saturated carbocycles. The smallest absolute Gasteiger partial charge is 0.161 e. The van der Waals surface area contributed by atoms with Gasteiger partial charge in [-0.05, 0) is 30.2 Å². The molecular formula is C11H13BrO2. The largest absolute Gasteiger partial charge is 0.504 e. The maximum absolute atomic E-state index is 9.45. The van der Waals surface area contributed by atoms with Crippen molar-refractivity contribution in [2.24, 2.45) is 0 Å². The van der Waals surface area contributed by atoms with Gasteiger partial charge in [0, 0.05) is 5.33 Å². The van der Waals surface area contributed by atoms with E-state index < -0.39 is 0 Å². The van der Waals surface area contributed by atoms with E-state index in [1.165, 1.54) is 0 Å². The van der Waals surface area contributed by atoms with E-state index >= 15 is 0 Å². The molecule has 0 fully saturated rings. The number of allylic oxidation sites excluding steroid dienone is 1. The lowest BCUT2D eigenvalue weighted by Gasteiger charge is -2.08. The van der Waals surface area contributed by atoms with Crippen molar-refractivity contribution in [3.8, 4) is 11.5 Å². The van der Waals surface area contributed by atoms with Gasteiger partial charge in [0.25, 0.3) is 0 Å². The summed E-state index contributed by atoms with van der Waals surface area (Å²) in [5, 5.41) is 10.2. The first-order chi connectivity index (χ1) is 6.69. The normalized spacial score (nSPS) is 9.86. The Morgan fingerprint density at radius 3 is 2.86 bits per heavy atom. The molecule has 0 unspecified atom stereocenters. The van der Waals surface area contributed by atoms with Crippen LogP contribution in [0.4, 0.5) is 0 Å². The first kappa shape index (κ1) is 11.1. The molecule has 1 aromatic carbocycles. The maximum atomic E-state index is 9.45. The zero-order chi connectivity index (χ0) is 10.6. The van der Waals surface area contributed by atoms with E-state index in [0.717, 1.165) is 11.1 Å². The van der Waals surface area contributed by atoms with Gasteiger partial charge in [0.05, 0.1) is 6.61 Å². The molecule has 0 aromatic heterocycles. The molecule has 1 aromatic rings. The van der Waals surface area contributed by atoms with Crippen molar-refractivity contribution in [2.75, 3.05) is 11.9 Å². The van der Waals surface area contributed by atoms with Gasteiger partial charge in [0.15, 0.2) is 11.5 Å². The van der Waals surface area contributed by atoms with Crippen LogP contribution >= 0.6 is 15.9 Å². The molecular weight excluding hydrogens is 244 g/mol. The van der Waals surface area contributed by atoms with Crippen LogP contribution in [-0.2, 0) is 0 Å². The van der Waals surface area contributed by atoms with Gasteiger partial charge in [-0.3, -0.25) is 0 Å². The summed E-state index contributed by atoms with van der Waals surface area (Å²) in [5.74, 6) is 0.671. The summed E-state index contributed by atoms with van der Waals surface area (Å²) in [5.41, 5.74) is 1.94. The molecule has 0 saturated heterocycles. The van der Waals surface area contributed by atoms with Gasteiger partial charge >= 0.3 is 0 Å². The third kappa shape index (κ3) is 2.51. The van der Waals surface area contributed by atoms with Crippen molar-refractivity contribution in [1.82, 2.24) is 0 Å². The summed E-state index contributed by atoms with van der Waals surface area (Å²) in [6.45, 7) is 6.31. The molecule has 0 aliphatic carbocycles. The van der Waals surface area contributed by atoms with Crippen LogP contribution in [0.15, 0.2) is 24.8 Å². The van der Waals surface area contributed by atoms with E-state index in [2.05, 4.69) is 22.5 Å². The minimum absolute atomic E-state index is 0.165. The fourth-order valence-corrected chi connectivity index (χ4v) is 1.41. The van der Waals surface area contributed by atoms with Crippen molar-refractivity contribution in [3.05, 3.63) is 30.3 Å². The Morgan fingerprint density at radius 2 is 2.29 bits per heavy atom. The SMILES string of the molecule is C=C(CBr)c1ccc(O)c(OCC)c1. The number of rotatable bonds is 4. The zero-order valence-electron chi connectivity index (χ0n) is 8.09. The summed E-state index contributed by atoms with van der Waals surface area (Å²) < 4.78 is 5.27. The van der Waals surface area contributed by atoms with Crippen LogP contribution in [0, 0.1) is 0 Å². The fraction of sp³-hybridized carbons (Fsp3) is 0.273. The molecule has 0 amide bonds. The average molecular weight is 257 g/mol. The molecule has 3 heteroatoms. The second-order valence-electron chi connectivity index (χ2n) is 2.85. The molecule has 0 heterocycles. The standard InChI is InChI=1S/C11H13BrO2/c1-3-14-11-6-9(8(2)7-12)4-5-10(11)13/h4-6,13H,2-3,7H2,1H3. The molecule has 2 nitrogen and oxygen atoms in total. The molecule has 0 spiro atoms. The summed E-state index contributed by atoms with van der Waals surface area (Å²) in [6.07, 6.45) is 0. The van der Waals surface area contributed by atoms with E-state index in [0.29, 0.717) is 17.7 Å². The fourth-order valence-electron chi connectivity index (χ4n) is 1.08. The van der Waals surface area contributed by atoms with Crippen LogP contribution in [0.2, 0.25) is 0 Å². The number of hydrogen-bond acceptors (Lipinski definition) is 2. The first-order valence-corrected chi connectivity index (χ1v) is 5.51. The number of ether oxygens (including phenoxy) is 1. The van der Waals surface area contributed by atoms with Gasteiger partial charge in [-0.15, -0.1) is 0 Å². The predicted octanol–water partition coefficient (Wildman–Crippen LogP) is 3.20. The number of phenolic OH excluding ortho intramolecular Hbond substituents is 1. The minimum atomic E-state index is 0.165. The molecule has 0 aliphatic heterocycles. The third-order valence-electron chi connectivity index (χ3n) is 1.83. The highest BCUT2D eigenvalue weighted by molar-refractivity contribution is 9.09. The van der Waals surface area contributed by atoms with E-state index in [9.17, 15) is 5.11 Å². The highest BCUT2D eigenvalue weighted by Gasteiger charge is 2.04. The number of alkyl halides is 1. The van der Waals surface area contributed by atoms with Crippen LogP contribution in [0.5, 0.6) is 11.5 Å². The number of aromatic hydroxyl groups is 1. The van der Waals surface area contributed by atoms with E-state index in [1.54, 1.807) is 12.1 Å². The van der Waals surface area contributed by atoms with Gasteiger partial charge in [0.1, 0.15) is 0 Å². The Labute approximate surface area is 92.3 Å². The highest BCUT2D eigenvalue weighted by atomic mass is 79.9. The van der Waals surface area contributed by atoms with Crippen LogP contribution in [0.1, 0.15) is 12.5 Å². The van der Waals surface area contributed by atoms with Gasteiger partial charge in [-0.2, -0.15) is 0 Å². The molecule has 1 rings (SSSR count). The number of hydrogen-bond donors (Lipinski definition) is 1. The Bertz CT molecular complexity index is 334. The Morgan fingerprint density at radius 1 is 1.57 bits per heavy atom. The molecule has 76 valence electrons. The Kier molecular flexibility index (Phi) is 4.01. The summed E-state index contributed by atoms with van der Waals surface area (Å²) in [7, 11) is 0. The number of benzene rings is 1. The summed E-state index contributed by atoms with van der Waals surface area (Å²) >= 11 is 3.33. The van der Waals surface area contributed by atoms with Crippen molar-refractivity contribution >= 4 is 21.5 Å². The highest BCUT2D eigenvalue weighted by Crippen LogP contribution is 2.29. The lowest BCUT2D eigenvalue weighted by Crippen LogP contribution is -1.93. The minimum Gasteiger partial charge on any atom is -0.504 e. The quantitative estimate of drug-likeness (QED) is 0.839. The van der Waals surface area contributed by atoms with Crippen LogP contribution in [-0.4, -0.2) is 17.0 Å². The lowest BCUT2D eigenvalue weighted by molar-refractivity contribution is 0.318. The number of halogens is 1. The van der Waals surface area contributed by atoms with Gasteiger partial charge in [-0.25, -0.2) is 0 Å². The second-order valence-corrected chi connectivity index (χ2v) is 3.41. The summed E-state index contributed by atoms with van der Waals surface area (Å²) in [6, 6.07) is 5.23. The molecule has 0 radical (unpaired) electrons. The van der Waals surface area contributed by atoms with Crippen LogP contribution in [0.25, 0.3) is 5.57 Å². The molecule has 0 bridgehead atoms. The van der Waals surface area contributed by atoms with E-state index in [-0.39, 0.29) is 5.75 Å². The maximum Gasteiger partial charge on any atom is 0.161 e. The van der Waals surface area contributed by atoms with Crippen LogP contribution < -0.4 is 4.74 Å². The molecule has 0 aliphatic rings. The van der Waals surface area contributed by atoms with Crippen molar-refractivity contribution in [1.29, 1.82) is 0 Å². The molecule has 0 atom stereocenters. The molecule has 14 heavy (non-hydrogen) atoms. The predicted molar refractivity (Wildman–Crippen MR) is 62.1 cm³/mol. The van der Waals surface area contributed by atoms with Gasteiger partial charge in [0.2, 0.25) is 0 Å². The van der Waals surface area contributed by atoms with Gasteiger partial charge < -0.3 is 9.84 Å². The molecule has 1 N–H and O–H groups in total. The monoisotopic (exact) mass is 256 g/mol. The zero-order valence-corrected chi connectivity index (χ0v) is 9.67. The van der Waals surface area contributed by atoms with Gasteiger partial charge in [-0.1, -0.05) is 28.6 Å². The topological polar surface area (TPSA) is 29.5 Å². The average Bonchev–Trinajstić information content (AvgIpc) is 2.20. The van der Waals surface area contributed by atoms with E-state index in [1.807, 2.05) is 13.0 Å². The van der Waals surface area contributed by atoms with Crippen molar-refractivity contribution in [2.45, 2.75) is 6.92 Å². The Balaban J connectivity index is 2.99. The number of phenols is 1. The van der Waals surface area contributed by atoms with Crippen LogP contribution in [0.3, 0.4) is 0 Å². The van der Waals surface area contributed by atoms with Crippen molar-refractivity contribution in [3.63, 3.8) is 0 Å². The van der Waals surface area contributed by atoms with Crippen molar-refractivity contribution < 1.29 is 9.84 Å². The first-order valence-electron chi connectivity index (χ1n) is 4.39. The lowest BCUT2D eigenvalue weighted by atomic mass is 10.1. The second kappa shape index (κ2) is 5.05. The summed E-state index contributed by atoms with van der Waals surface area (Å²) in [4.78, 5) is 0.